The highest BCUT2D eigenvalue weighted by Gasteiger charge is 2.13. The first-order valence-corrected chi connectivity index (χ1v) is 5.97. The van der Waals surface area contributed by atoms with Crippen LogP contribution < -0.4 is 10.1 Å². The van der Waals surface area contributed by atoms with Gasteiger partial charge >= 0.3 is 0 Å². The molecule has 1 aromatic heterocycles. The highest BCUT2D eigenvalue weighted by molar-refractivity contribution is 9.10. The Kier molecular flexibility index (Phi) is 3.66. The van der Waals surface area contributed by atoms with Gasteiger partial charge in [0.2, 0.25) is 0 Å². The molecule has 1 N–H and O–H groups in total. The summed E-state index contributed by atoms with van der Waals surface area (Å²) in [6.45, 7) is 1.73. The Labute approximate surface area is 112 Å². The SMILES string of the molecule is COc1ccc(Br)c(NC(=O)c2cc(C)on2)c1. The second kappa shape index (κ2) is 5.22. The van der Waals surface area contributed by atoms with Crippen molar-refractivity contribution in [3.05, 3.63) is 40.2 Å². The van der Waals surface area contributed by atoms with Gasteiger partial charge in [-0.3, -0.25) is 4.79 Å². The number of aromatic nitrogens is 1. The molecule has 0 aliphatic carbocycles. The first-order chi connectivity index (χ1) is 8.60. The summed E-state index contributed by atoms with van der Waals surface area (Å²) in [4.78, 5) is 11.9. The number of ether oxygens (including phenoxy) is 1. The Bertz CT molecular complexity index is 580. The summed E-state index contributed by atoms with van der Waals surface area (Å²) in [6.07, 6.45) is 0. The lowest BCUT2D eigenvalue weighted by atomic mass is 10.3. The molecule has 0 saturated carbocycles. The van der Waals surface area contributed by atoms with Crippen molar-refractivity contribution in [2.24, 2.45) is 0 Å². The zero-order valence-corrected chi connectivity index (χ0v) is 11.4. The van der Waals surface area contributed by atoms with Gasteiger partial charge < -0.3 is 14.6 Å². The van der Waals surface area contributed by atoms with Gasteiger partial charge in [-0.15, -0.1) is 0 Å². The number of anilines is 1. The van der Waals surface area contributed by atoms with Gasteiger partial charge in [0, 0.05) is 16.6 Å². The van der Waals surface area contributed by atoms with Gasteiger partial charge in [0.25, 0.3) is 5.91 Å². The molecule has 5 nitrogen and oxygen atoms in total. The fourth-order valence-electron chi connectivity index (χ4n) is 1.39. The largest absolute Gasteiger partial charge is 0.497 e. The van der Waals surface area contributed by atoms with Crippen molar-refractivity contribution in [2.75, 3.05) is 12.4 Å². The van der Waals surface area contributed by atoms with E-state index < -0.39 is 0 Å². The van der Waals surface area contributed by atoms with E-state index in [9.17, 15) is 4.79 Å². The number of hydrogen-bond acceptors (Lipinski definition) is 4. The van der Waals surface area contributed by atoms with Crippen LogP contribution in [0.3, 0.4) is 0 Å². The van der Waals surface area contributed by atoms with Crippen LogP contribution in [0.25, 0.3) is 0 Å². The number of aryl methyl sites for hydroxylation is 1. The third-order valence-corrected chi connectivity index (χ3v) is 2.97. The van der Waals surface area contributed by atoms with Crippen molar-refractivity contribution in [2.45, 2.75) is 6.92 Å². The average Bonchev–Trinajstić information content (AvgIpc) is 2.79. The third-order valence-electron chi connectivity index (χ3n) is 2.28. The molecular weight excluding hydrogens is 300 g/mol. The van der Waals surface area contributed by atoms with Crippen LogP contribution in [0, 0.1) is 6.92 Å². The molecule has 0 fully saturated rings. The number of hydrogen-bond donors (Lipinski definition) is 1. The average molecular weight is 311 g/mol. The van der Waals surface area contributed by atoms with Crippen LogP contribution in [0.1, 0.15) is 16.2 Å². The quantitative estimate of drug-likeness (QED) is 0.946. The Morgan fingerprint density at radius 1 is 1.44 bits per heavy atom. The molecule has 0 spiro atoms. The normalized spacial score (nSPS) is 10.2. The van der Waals surface area contributed by atoms with Gasteiger partial charge in [0.15, 0.2) is 5.69 Å². The summed E-state index contributed by atoms with van der Waals surface area (Å²) in [5.41, 5.74) is 0.849. The minimum Gasteiger partial charge on any atom is -0.497 e. The number of amides is 1. The van der Waals surface area contributed by atoms with Gasteiger partial charge in [0.1, 0.15) is 11.5 Å². The fraction of sp³-hybridized carbons (Fsp3) is 0.167. The molecule has 18 heavy (non-hydrogen) atoms. The zero-order chi connectivity index (χ0) is 13.1. The molecule has 0 unspecified atom stereocenters. The molecule has 2 aromatic rings. The van der Waals surface area contributed by atoms with Crippen molar-refractivity contribution < 1.29 is 14.1 Å². The van der Waals surface area contributed by atoms with Crippen molar-refractivity contribution in [1.82, 2.24) is 5.16 Å². The molecule has 0 aliphatic heterocycles. The molecule has 2 rings (SSSR count). The lowest BCUT2D eigenvalue weighted by Crippen LogP contribution is -2.12. The molecule has 0 bridgehead atoms. The molecule has 0 radical (unpaired) electrons. The minimum absolute atomic E-state index is 0.238. The summed E-state index contributed by atoms with van der Waals surface area (Å²) in [5.74, 6) is 0.912. The van der Waals surface area contributed by atoms with Gasteiger partial charge in [-0.1, -0.05) is 5.16 Å². The molecule has 0 atom stereocenters. The first kappa shape index (κ1) is 12.6. The number of carbonyl (C=O) groups excluding carboxylic acids is 1. The molecule has 1 amide bonds. The van der Waals surface area contributed by atoms with Gasteiger partial charge in [-0.2, -0.15) is 0 Å². The van der Waals surface area contributed by atoms with E-state index in [0.717, 1.165) is 4.47 Å². The van der Waals surface area contributed by atoms with Crippen LogP contribution >= 0.6 is 15.9 Å². The highest BCUT2D eigenvalue weighted by atomic mass is 79.9. The molecule has 1 aromatic carbocycles. The number of rotatable bonds is 3. The van der Waals surface area contributed by atoms with Gasteiger partial charge in [-0.25, -0.2) is 0 Å². The van der Waals surface area contributed by atoms with E-state index in [-0.39, 0.29) is 11.6 Å². The molecule has 0 saturated heterocycles. The number of nitrogens with zero attached hydrogens (tertiary/aromatic N) is 1. The van der Waals surface area contributed by atoms with Gasteiger partial charge in [0.05, 0.1) is 12.8 Å². The predicted molar refractivity (Wildman–Crippen MR) is 69.9 cm³/mol. The topological polar surface area (TPSA) is 64.4 Å². The van der Waals surface area contributed by atoms with Gasteiger partial charge in [-0.05, 0) is 35.0 Å². The van der Waals surface area contributed by atoms with E-state index >= 15 is 0 Å². The Hall–Kier alpha value is -1.82. The number of methoxy groups -OCH3 is 1. The number of carbonyl (C=O) groups is 1. The van der Waals surface area contributed by atoms with Crippen LogP contribution in [0.4, 0.5) is 5.69 Å². The molecule has 94 valence electrons. The fourth-order valence-corrected chi connectivity index (χ4v) is 1.73. The minimum atomic E-state index is -0.333. The second-order valence-corrected chi connectivity index (χ2v) is 4.48. The summed E-state index contributed by atoms with van der Waals surface area (Å²) in [5, 5.41) is 6.38. The van der Waals surface area contributed by atoms with E-state index in [1.807, 2.05) is 0 Å². The lowest BCUT2D eigenvalue weighted by Gasteiger charge is -2.07. The van der Waals surface area contributed by atoms with E-state index in [1.165, 1.54) is 0 Å². The monoisotopic (exact) mass is 310 g/mol. The second-order valence-electron chi connectivity index (χ2n) is 3.62. The Morgan fingerprint density at radius 3 is 2.83 bits per heavy atom. The summed E-state index contributed by atoms with van der Waals surface area (Å²) in [6, 6.07) is 6.88. The van der Waals surface area contributed by atoms with Crippen LogP contribution in [0.5, 0.6) is 5.75 Å². The van der Waals surface area contributed by atoms with E-state index in [1.54, 1.807) is 38.3 Å². The maximum atomic E-state index is 11.9. The maximum Gasteiger partial charge on any atom is 0.277 e. The number of nitrogens with one attached hydrogen (secondary N) is 1. The smallest absolute Gasteiger partial charge is 0.277 e. The predicted octanol–water partition coefficient (Wildman–Crippen LogP) is 3.01. The molecule has 6 heteroatoms. The van der Waals surface area contributed by atoms with E-state index in [4.69, 9.17) is 9.26 Å². The first-order valence-electron chi connectivity index (χ1n) is 5.18. The van der Waals surface area contributed by atoms with Crippen molar-refractivity contribution in [1.29, 1.82) is 0 Å². The zero-order valence-electron chi connectivity index (χ0n) is 9.86. The van der Waals surface area contributed by atoms with Crippen LogP contribution in [-0.4, -0.2) is 18.2 Å². The van der Waals surface area contributed by atoms with Crippen LogP contribution in [0.15, 0.2) is 33.3 Å². The Morgan fingerprint density at radius 2 is 2.22 bits per heavy atom. The standard InChI is InChI=1S/C12H11BrN2O3/c1-7-5-11(15-18-7)12(16)14-10-6-8(17-2)3-4-9(10)13/h3-6H,1-2H3,(H,14,16). The summed E-state index contributed by atoms with van der Waals surface area (Å²) >= 11 is 3.35. The number of benzene rings is 1. The van der Waals surface area contributed by atoms with Crippen molar-refractivity contribution >= 4 is 27.5 Å². The maximum absolute atomic E-state index is 11.9. The van der Waals surface area contributed by atoms with Crippen molar-refractivity contribution in [3.63, 3.8) is 0 Å². The van der Waals surface area contributed by atoms with Crippen LogP contribution in [-0.2, 0) is 0 Å². The lowest BCUT2D eigenvalue weighted by molar-refractivity contribution is 0.101. The van der Waals surface area contributed by atoms with Crippen molar-refractivity contribution in [3.8, 4) is 5.75 Å². The molecule has 1 heterocycles. The molecular formula is C12H11BrN2O3. The van der Waals surface area contributed by atoms with Crippen LogP contribution in [0.2, 0.25) is 0 Å². The number of halogens is 1. The van der Waals surface area contributed by atoms with E-state index in [0.29, 0.717) is 17.2 Å². The highest BCUT2D eigenvalue weighted by Crippen LogP contribution is 2.27. The summed E-state index contributed by atoms with van der Waals surface area (Å²) in [7, 11) is 1.57. The summed E-state index contributed by atoms with van der Waals surface area (Å²) < 4.78 is 10.7. The third kappa shape index (κ3) is 2.70. The molecule has 0 aliphatic rings. The Balaban J connectivity index is 2.21. The van der Waals surface area contributed by atoms with E-state index in [2.05, 4.69) is 26.4 Å².